The summed E-state index contributed by atoms with van der Waals surface area (Å²) in [6.07, 6.45) is 0.843. The number of amides is 2. The van der Waals surface area contributed by atoms with Crippen molar-refractivity contribution in [3.05, 3.63) is 82.0 Å². The van der Waals surface area contributed by atoms with Crippen molar-refractivity contribution >= 4 is 28.8 Å². The van der Waals surface area contributed by atoms with Crippen LogP contribution in [0.1, 0.15) is 22.0 Å². The van der Waals surface area contributed by atoms with E-state index in [1.807, 2.05) is 47.4 Å². The molecule has 0 radical (unpaired) electrons. The molecule has 29 heavy (non-hydrogen) atoms. The molecule has 0 bridgehead atoms. The summed E-state index contributed by atoms with van der Waals surface area (Å²) in [5, 5.41) is 2.09. The van der Waals surface area contributed by atoms with Gasteiger partial charge in [-0.3, -0.25) is 14.5 Å². The lowest BCUT2D eigenvalue weighted by Crippen LogP contribution is -2.49. The first-order chi connectivity index (χ1) is 14.2. The highest BCUT2D eigenvalue weighted by Crippen LogP contribution is 2.38. The van der Waals surface area contributed by atoms with E-state index >= 15 is 0 Å². The van der Waals surface area contributed by atoms with E-state index in [-0.39, 0.29) is 31.0 Å². The molecule has 2 amide bonds. The number of para-hydroxylation sites is 2. The van der Waals surface area contributed by atoms with E-state index < -0.39 is 0 Å². The Balaban J connectivity index is 1.47. The van der Waals surface area contributed by atoms with Crippen LogP contribution >= 0.6 is 11.3 Å². The van der Waals surface area contributed by atoms with Crippen molar-refractivity contribution in [2.24, 2.45) is 0 Å². The van der Waals surface area contributed by atoms with Crippen molar-refractivity contribution < 1.29 is 14.3 Å². The molecule has 2 aliphatic rings. The first-order valence-electron chi connectivity index (χ1n) is 9.65. The van der Waals surface area contributed by atoms with Crippen LogP contribution in [0.5, 0.6) is 5.75 Å². The van der Waals surface area contributed by atoms with E-state index in [9.17, 15) is 9.59 Å². The standard InChI is InChI=1S/C23H20N2O3S/c26-21(14-25-18-8-4-5-9-19(18)28-15-22(25)27)24-12-10-20-17(11-13-29-20)23(24)16-6-2-1-3-7-16/h1-9,11,13,23H,10,12,14-15H2/t23-/m0/s1. The van der Waals surface area contributed by atoms with Crippen molar-refractivity contribution in [3.8, 4) is 5.75 Å². The van der Waals surface area contributed by atoms with Gasteiger partial charge in [0.2, 0.25) is 5.91 Å². The molecule has 0 unspecified atom stereocenters. The summed E-state index contributed by atoms with van der Waals surface area (Å²) in [6, 6.07) is 19.5. The van der Waals surface area contributed by atoms with Gasteiger partial charge in [0.1, 0.15) is 12.3 Å². The lowest BCUT2D eigenvalue weighted by Gasteiger charge is -2.38. The lowest BCUT2D eigenvalue weighted by molar-refractivity contribution is -0.133. The summed E-state index contributed by atoms with van der Waals surface area (Å²) < 4.78 is 5.50. The highest BCUT2D eigenvalue weighted by atomic mass is 32.1. The number of carbonyl (C=O) groups excluding carboxylic acids is 2. The van der Waals surface area contributed by atoms with E-state index in [0.29, 0.717) is 18.0 Å². The minimum Gasteiger partial charge on any atom is -0.482 e. The summed E-state index contributed by atoms with van der Waals surface area (Å²) >= 11 is 1.75. The molecule has 1 aromatic heterocycles. The van der Waals surface area contributed by atoms with Gasteiger partial charge in [0.15, 0.2) is 6.61 Å². The number of hydrogen-bond acceptors (Lipinski definition) is 4. The Hall–Kier alpha value is -3.12. The SMILES string of the molecule is O=C1COc2ccccc2N1CC(=O)N1CCc2sccc2[C@@H]1c1ccccc1. The zero-order valence-electron chi connectivity index (χ0n) is 15.8. The fraction of sp³-hybridized carbons (Fsp3) is 0.217. The van der Waals surface area contributed by atoms with Crippen LogP contribution in [0.2, 0.25) is 0 Å². The molecule has 0 fully saturated rings. The fourth-order valence-electron chi connectivity index (χ4n) is 4.13. The number of hydrogen-bond donors (Lipinski definition) is 0. The molecule has 2 aromatic carbocycles. The van der Waals surface area contributed by atoms with E-state index in [1.165, 1.54) is 10.4 Å². The average molecular weight is 404 g/mol. The Bertz CT molecular complexity index is 1060. The molecule has 0 spiro atoms. The lowest BCUT2D eigenvalue weighted by atomic mass is 9.93. The van der Waals surface area contributed by atoms with Crippen molar-refractivity contribution in [3.63, 3.8) is 0 Å². The molecule has 6 heteroatoms. The minimum atomic E-state index is -0.193. The second-order valence-corrected chi connectivity index (χ2v) is 8.19. The third-order valence-corrected chi connectivity index (χ3v) is 6.50. The van der Waals surface area contributed by atoms with Crippen molar-refractivity contribution in [1.82, 2.24) is 4.90 Å². The van der Waals surface area contributed by atoms with Crippen molar-refractivity contribution in [1.29, 1.82) is 0 Å². The number of thiophene rings is 1. The van der Waals surface area contributed by atoms with Crippen LogP contribution < -0.4 is 9.64 Å². The molecule has 2 aliphatic heterocycles. The van der Waals surface area contributed by atoms with Gasteiger partial charge >= 0.3 is 0 Å². The van der Waals surface area contributed by atoms with Crippen LogP contribution in [-0.2, 0) is 16.0 Å². The van der Waals surface area contributed by atoms with Gasteiger partial charge in [-0.25, -0.2) is 0 Å². The van der Waals surface area contributed by atoms with Crippen molar-refractivity contribution in [2.75, 3.05) is 24.6 Å². The van der Waals surface area contributed by atoms with Crippen LogP contribution in [0.3, 0.4) is 0 Å². The Morgan fingerprint density at radius 1 is 1.07 bits per heavy atom. The summed E-state index contributed by atoms with van der Waals surface area (Å²) in [4.78, 5) is 30.7. The van der Waals surface area contributed by atoms with E-state index in [4.69, 9.17) is 4.74 Å². The predicted molar refractivity (Wildman–Crippen MR) is 112 cm³/mol. The van der Waals surface area contributed by atoms with E-state index in [2.05, 4.69) is 23.6 Å². The molecule has 0 N–H and O–H groups in total. The Morgan fingerprint density at radius 2 is 1.86 bits per heavy atom. The Morgan fingerprint density at radius 3 is 2.72 bits per heavy atom. The van der Waals surface area contributed by atoms with Crippen molar-refractivity contribution in [2.45, 2.75) is 12.5 Å². The third kappa shape index (κ3) is 3.19. The maximum Gasteiger partial charge on any atom is 0.265 e. The van der Waals surface area contributed by atoms with Gasteiger partial charge in [0, 0.05) is 11.4 Å². The first kappa shape index (κ1) is 17.9. The number of carbonyl (C=O) groups is 2. The topological polar surface area (TPSA) is 49.9 Å². The average Bonchev–Trinajstić information content (AvgIpc) is 3.24. The number of ether oxygens (including phenoxy) is 1. The molecule has 3 heterocycles. The largest absolute Gasteiger partial charge is 0.482 e. The second kappa shape index (κ2) is 7.37. The number of rotatable bonds is 3. The van der Waals surface area contributed by atoms with Gasteiger partial charge in [-0.15, -0.1) is 11.3 Å². The fourth-order valence-corrected chi connectivity index (χ4v) is 5.04. The minimum absolute atomic E-state index is 0.0159. The van der Waals surface area contributed by atoms with Crippen LogP contribution in [0.4, 0.5) is 5.69 Å². The number of benzene rings is 2. The van der Waals surface area contributed by atoms with Crippen LogP contribution in [0.15, 0.2) is 66.0 Å². The predicted octanol–water partition coefficient (Wildman–Crippen LogP) is 3.65. The zero-order valence-corrected chi connectivity index (χ0v) is 16.6. The summed E-state index contributed by atoms with van der Waals surface area (Å²) in [5.41, 5.74) is 2.94. The van der Waals surface area contributed by atoms with Gasteiger partial charge in [-0.2, -0.15) is 0 Å². The summed E-state index contributed by atoms with van der Waals surface area (Å²) in [6.45, 7) is 0.620. The van der Waals surface area contributed by atoms with Gasteiger partial charge in [0.25, 0.3) is 5.91 Å². The van der Waals surface area contributed by atoms with Gasteiger partial charge in [-0.1, -0.05) is 42.5 Å². The third-order valence-electron chi connectivity index (χ3n) is 5.50. The molecule has 146 valence electrons. The van der Waals surface area contributed by atoms with Gasteiger partial charge in [-0.05, 0) is 41.1 Å². The number of anilines is 1. The normalized spacial score (nSPS) is 18.1. The molecule has 0 saturated carbocycles. The Labute approximate surface area is 173 Å². The molecule has 5 nitrogen and oxygen atoms in total. The maximum atomic E-state index is 13.4. The quantitative estimate of drug-likeness (QED) is 0.670. The summed E-state index contributed by atoms with van der Waals surface area (Å²) in [5.74, 6) is 0.389. The molecule has 3 aromatic rings. The highest BCUT2D eigenvalue weighted by molar-refractivity contribution is 7.10. The number of nitrogens with zero attached hydrogens (tertiary/aromatic N) is 2. The highest BCUT2D eigenvalue weighted by Gasteiger charge is 2.35. The molecular formula is C23H20N2O3S. The molecule has 5 rings (SSSR count). The van der Waals surface area contributed by atoms with Gasteiger partial charge < -0.3 is 9.64 Å². The zero-order chi connectivity index (χ0) is 19.8. The summed E-state index contributed by atoms with van der Waals surface area (Å²) in [7, 11) is 0. The van der Waals surface area contributed by atoms with Gasteiger partial charge in [0.05, 0.1) is 11.7 Å². The molecule has 1 atom stereocenters. The van der Waals surface area contributed by atoms with E-state index in [0.717, 1.165) is 12.0 Å². The first-order valence-corrected chi connectivity index (χ1v) is 10.5. The van der Waals surface area contributed by atoms with E-state index in [1.54, 1.807) is 16.2 Å². The smallest absolute Gasteiger partial charge is 0.265 e. The Kier molecular flexibility index (Phi) is 4.56. The maximum absolute atomic E-state index is 13.4. The second-order valence-electron chi connectivity index (χ2n) is 7.19. The van der Waals surface area contributed by atoms with Crippen LogP contribution in [0.25, 0.3) is 0 Å². The number of fused-ring (bicyclic) bond motifs is 2. The van der Waals surface area contributed by atoms with Crippen LogP contribution in [-0.4, -0.2) is 36.4 Å². The molecule has 0 aliphatic carbocycles. The molecule has 0 saturated heterocycles. The monoisotopic (exact) mass is 404 g/mol. The van der Waals surface area contributed by atoms with Crippen LogP contribution in [0, 0.1) is 0 Å². The molecular weight excluding hydrogens is 384 g/mol.